The smallest absolute Gasteiger partial charge is 0.192 e. The maximum Gasteiger partial charge on any atom is 0.427 e. The highest BCUT2D eigenvalue weighted by Crippen LogP contribution is 2.35. The summed E-state index contributed by atoms with van der Waals surface area (Å²) in [6.45, 7) is 0. The monoisotopic (exact) mass is 263 g/mol. The van der Waals surface area contributed by atoms with E-state index in [1.165, 1.54) is 0 Å². The quantitative estimate of drug-likeness (QED) is 0.739. The Hall–Kier alpha value is -1.07. The average Bonchev–Trinajstić information content (AvgIpc) is 2.67. The number of benzene rings is 1. The fourth-order valence-electron chi connectivity index (χ4n) is 1.17. The van der Waals surface area contributed by atoms with E-state index in [1.54, 1.807) is 24.3 Å². The van der Waals surface area contributed by atoms with Gasteiger partial charge >= 0.3 is 6.18 Å². The van der Waals surface area contributed by atoms with Gasteiger partial charge in [-0.2, -0.15) is 17.5 Å². The molecule has 0 unspecified atom stereocenters. The van der Waals surface area contributed by atoms with E-state index in [1.807, 2.05) is 0 Å². The van der Waals surface area contributed by atoms with Crippen molar-refractivity contribution in [2.24, 2.45) is 0 Å². The molecule has 0 fully saturated rings. The van der Waals surface area contributed by atoms with Crippen LogP contribution in [-0.2, 0) is 6.18 Å². The summed E-state index contributed by atoms with van der Waals surface area (Å²) in [6, 6.07) is 7.54. The number of alkyl halides is 3. The van der Waals surface area contributed by atoms with Gasteiger partial charge in [0.05, 0.1) is 5.69 Å². The van der Waals surface area contributed by atoms with Crippen LogP contribution in [0.3, 0.4) is 0 Å². The van der Waals surface area contributed by atoms with Gasteiger partial charge in [0.15, 0.2) is 0 Å². The second-order valence-electron chi connectivity index (χ2n) is 3.08. The molecule has 2 aromatic rings. The minimum atomic E-state index is -4.33. The number of halogens is 4. The molecule has 1 nitrogen and oxygen atoms in total. The van der Waals surface area contributed by atoms with E-state index >= 15 is 0 Å². The largest absolute Gasteiger partial charge is 0.427 e. The van der Waals surface area contributed by atoms with Crippen LogP contribution >= 0.6 is 23.1 Å². The molecule has 6 heteroatoms. The minimum absolute atomic E-state index is 0.314. The molecule has 1 aromatic heterocycles. The summed E-state index contributed by atoms with van der Waals surface area (Å²) >= 11 is 6.13. The van der Waals surface area contributed by atoms with Crippen LogP contribution in [-0.4, -0.2) is 4.37 Å². The zero-order valence-corrected chi connectivity index (χ0v) is 9.33. The van der Waals surface area contributed by atoms with E-state index in [4.69, 9.17) is 11.6 Å². The first-order valence-electron chi connectivity index (χ1n) is 4.26. The Labute approximate surface area is 98.7 Å². The maximum atomic E-state index is 12.3. The SMILES string of the molecule is FC(F)(F)c1cc(-c2ccc(Cl)cc2)ns1. The van der Waals surface area contributed by atoms with Crippen molar-refractivity contribution in [2.75, 3.05) is 0 Å². The first-order chi connectivity index (χ1) is 7.47. The molecule has 0 atom stereocenters. The van der Waals surface area contributed by atoms with Gasteiger partial charge < -0.3 is 0 Å². The zero-order valence-electron chi connectivity index (χ0n) is 7.75. The molecule has 0 aliphatic carbocycles. The first kappa shape index (κ1) is 11.4. The molecule has 1 aromatic carbocycles. The van der Waals surface area contributed by atoms with Gasteiger partial charge in [0.2, 0.25) is 0 Å². The van der Waals surface area contributed by atoms with E-state index in [0.717, 1.165) is 6.07 Å². The summed E-state index contributed by atoms with van der Waals surface area (Å²) in [5.74, 6) is 0. The van der Waals surface area contributed by atoms with Gasteiger partial charge in [-0.15, -0.1) is 0 Å². The third-order valence-corrected chi connectivity index (χ3v) is 3.02. The van der Waals surface area contributed by atoms with E-state index in [9.17, 15) is 13.2 Å². The van der Waals surface area contributed by atoms with Crippen molar-refractivity contribution in [1.82, 2.24) is 4.37 Å². The van der Waals surface area contributed by atoms with Gasteiger partial charge in [-0.3, -0.25) is 0 Å². The van der Waals surface area contributed by atoms with Crippen LogP contribution in [0.2, 0.25) is 5.02 Å². The van der Waals surface area contributed by atoms with Gasteiger partial charge in [0.25, 0.3) is 0 Å². The molecule has 0 aliphatic heterocycles. The Balaban J connectivity index is 2.35. The average molecular weight is 264 g/mol. The Bertz CT molecular complexity index is 490. The van der Waals surface area contributed by atoms with Crippen molar-refractivity contribution >= 4 is 23.1 Å². The Morgan fingerprint density at radius 2 is 1.75 bits per heavy atom. The predicted molar refractivity (Wildman–Crippen MR) is 57.6 cm³/mol. The second kappa shape index (κ2) is 4.07. The Morgan fingerprint density at radius 1 is 1.12 bits per heavy atom. The van der Waals surface area contributed by atoms with E-state index in [0.29, 0.717) is 27.8 Å². The molecule has 16 heavy (non-hydrogen) atoms. The molecule has 0 radical (unpaired) electrons. The highest BCUT2D eigenvalue weighted by Gasteiger charge is 2.33. The maximum absolute atomic E-state index is 12.3. The second-order valence-corrected chi connectivity index (χ2v) is 4.32. The van der Waals surface area contributed by atoms with Crippen molar-refractivity contribution in [3.63, 3.8) is 0 Å². The highest BCUT2D eigenvalue weighted by molar-refractivity contribution is 7.06. The zero-order chi connectivity index (χ0) is 11.8. The summed E-state index contributed by atoms with van der Waals surface area (Å²) in [5, 5.41) is 0.537. The summed E-state index contributed by atoms with van der Waals surface area (Å²) in [7, 11) is 0. The molecule has 0 spiro atoms. The van der Waals surface area contributed by atoms with Crippen LogP contribution in [0.1, 0.15) is 4.88 Å². The molecular weight excluding hydrogens is 259 g/mol. The minimum Gasteiger partial charge on any atom is -0.192 e. The summed E-state index contributed by atoms with van der Waals surface area (Å²) in [4.78, 5) is -0.697. The topological polar surface area (TPSA) is 12.9 Å². The summed E-state index contributed by atoms with van der Waals surface area (Å²) in [5.41, 5.74) is 0.935. The lowest BCUT2D eigenvalue weighted by Crippen LogP contribution is -2.00. The van der Waals surface area contributed by atoms with E-state index in [-0.39, 0.29) is 0 Å². The van der Waals surface area contributed by atoms with Crippen molar-refractivity contribution < 1.29 is 13.2 Å². The lowest BCUT2D eigenvalue weighted by atomic mass is 10.1. The third kappa shape index (κ3) is 2.36. The molecule has 2 rings (SSSR count). The molecule has 0 aliphatic rings. The van der Waals surface area contributed by atoms with Gasteiger partial charge in [0.1, 0.15) is 4.88 Å². The fourth-order valence-corrected chi connectivity index (χ4v) is 1.91. The predicted octanol–water partition coefficient (Wildman–Crippen LogP) is 4.48. The van der Waals surface area contributed by atoms with E-state index < -0.39 is 11.1 Å². The van der Waals surface area contributed by atoms with Gasteiger partial charge in [-0.05, 0) is 29.7 Å². The molecular formula is C10H5ClF3NS. The normalized spacial score (nSPS) is 11.8. The van der Waals surface area contributed by atoms with Crippen LogP contribution in [0.4, 0.5) is 13.2 Å². The number of rotatable bonds is 1. The summed E-state index contributed by atoms with van der Waals surface area (Å²) in [6.07, 6.45) is -4.33. The van der Waals surface area contributed by atoms with Crippen LogP contribution in [0, 0.1) is 0 Å². The Morgan fingerprint density at radius 3 is 2.25 bits per heavy atom. The standard InChI is InChI=1S/C10H5ClF3NS/c11-7-3-1-6(2-4-7)8-5-9(16-15-8)10(12,13)14/h1-5H. The molecule has 0 N–H and O–H groups in total. The number of aromatic nitrogens is 1. The Kier molecular flexibility index (Phi) is 2.90. The first-order valence-corrected chi connectivity index (χ1v) is 5.42. The lowest BCUT2D eigenvalue weighted by molar-refractivity contribution is -0.134. The number of hydrogen-bond acceptors (Lipinski definition) is 2. The third-order valence-electron chi connectivity index (χ3n) is 1.93. The molecule has 0 amide bonds. The van der Waals surface area contributed by atoms with Crippen molar-refractivity contribution in [3.8, 4) is 11.3 Å². The van der Waals surface area contributed by atoms with Crippen molar-refractivity contribution in [2.45, 2.75) is 6.18 Å². The van der Waals surface area contributed by atoms with E-state index in [2.05, 4.69) is 4.37 Å². The van der Waals surface area contributed by atoms with Crippen molar-refractivity contribution in [3.05, 3.63) is 40.2 Å². The molecule has 0 saturated carbocycles. The molecule has 0 saturated heterocycles. The van der Waals surface area contributed by atoms with Gasteiger partial charge in [-0.1, -0.05) is 23.7 Å². The van der Waals surface area contributed by atoms with Crippen LogP contribution in [0.15, 0.2) is 30.3 Å². The van der Waals surface area contributed by atoms with Crippen LogP contribution in [0.25, 0.3) is 11.3 Å². The van der Waals surface area contributed by atoms with Crippen LogP contribution < -0.4 is 0 Å². The van der Waals surface area contributed by atoms with Gasteiger partial charge in [0, 0.05) is 10.6 Å². The lowest BCUT2D eigenvalue weighted by Gasteiger charge is -1.99. The van der Waals surface area contributed by atoms with Crippen molar-refractivity contribution in [1.29, 1.82) is 0 Å². The highest BCUT2D eigenvalue weighted by atomic mass is 35.5. The summed E-state index contributed by atoms with van der Waals surface area (Å²) < 4.78 is 40.8. The van der Waals surface area contributed by atoms with Gasteiger partial charge in [-0.25, -0.2) is 0 Å². The molecule has 84 valence electrons. The number of hydrogen-bond donors (Lipinski definition) is 0. The fraction of sp³-hybridized carbons (Fsp3) is 0.100. The number of nitrogens with zero attached hydrogens (tertiary/aromatic N) is 1. The molecule has 1 heterocycles. The molecule has 0 bridgehead atoms. The van der Waals surface area contributed by atoms with Crippen LogP contribution in [0.5, 0.6) is 0 Å².